The molecule has 1 atom stereocenters. The van der Waals surface area contributed by atoms with E-state index >= 15 is 0 Å². The van der Waals surface area contributed by atoms with Gasteiger partial charge in [-0.25, -0.2) is 23.2 Å². The summed E-state index contributed by atoms with van der Waals surface area (Å²) in [5.74, 6) is -1.57. The standard InChI is InChI=1S/C18H19BrFN5O6S/c1-18(2,3)29-16(26)24(7-8-32(4)28)14-13(21-31-23-14)15-22-30-17(27)25(15)10-5-6-12(20)11(19)9-10/h5-6,9H,7-8H2,1-4H3. The average molecular weight is 532 g/mol. The van der Waals surface area contributed by atoms with E-state index in [1.165, 1.54) is 18.4 Å². The van der Waals surface area contributed by atoms with Crippen LogP contribution in [0.2, 0.25) is 0 Å². The van der Waals surface area contributed by atoms with E-state index < -0.39 is 34.4 Å². The third kappa shape index (κ3) is 5.37. The minimum atomic E-state index is -1.23. The van der Waals surface area contributed by atoms with Crippen molar-refractivity contribution >= 4 is 39.0 Å². The van der Waals surface area contributed by atoms with Gasteiger partial charge in [0.1, 0.15) is 17.2 Å². The number of amides is 1. The molecule has 1 amide bonds. The molecule has 0 saturated heterocycles. The van der Waals surface area contributed by atoms with Crippen LogP contribution in [0.25, 0.3) is 17.2 Å². The summed E-state index contributed by atoms with van der Waals surface area (Å²) >= 11 is 1.83. The summed E-state index contributed by atoms with van der Waals surface area (Å²) in [5, 5.41) is 11.3. The molecule has 0 saturated carbocycles. The van der Waals surface area contributed by atoms with Crippen LogP contribution in [0.3, 0.4) is 0 Å². The van der Waals surface area contributed by atoms with Gasteiger partial charge in [0.15, 0.2) is 5.69 Å². The van der Waals surface area contributed by atoms with E-state index in [0.717, 1.165) is 15.5 Å². The molecule has 32 heavy (non-hydrogen) atoms. The number of anilines is 1. The first-order chi connectivity index (χ1) is 15.0. The Balaban J connectivity index is 2.09. The van der Waals surface area contributed by atoms with Crippen molar-refractivity contribution in [1.82, 2.24) is 20.0 Å². The van der Waals surface area contributed by atoms with E-state index in [4.69, 9.17) is 13.9 Å². The summed E-state index contributed by atoms with van der Waals surface area (Å²) < 4.78 is 41.4. The van der Waals surface area contributed by atoms with Crippen LogP contribution < -0.4 is 10.7 Å². The minimum absolute atomic E-state index is 0.0383. The van der Waals surface area contributed by atoms with Gasteiger partial charge < -0.3 is 9.29 Å². The highest BCUT2D eigenvalue weighted by molar-refractivity contribution is 9.10. The normalized spacial score (nSPS) is 12.6. The van der Waals surface area contributed by atoms with Crippen LogP contribution in [0.4, 0.5) is 15.0 Å². The van der Waals surface area contributed by atoms with E-state index in [9.17, 15) is 18.5 Å². The van der Waals surface area contributed by atoms with Crippen LogP contribution in [-0.4, -0.2) is 54.8 Å². The maximum absolute atomic E-state index is 13.7. The number of halogens is 2. The molecule has 14 heteroatoms. The summed E-state index contributed by atoms with van der Waals surface area (Å²) in [6.45, 7) is 5.02. The molecule has 172 valence electrons. The molecule has 0 aliphatic carbocycles. The fourth-order valence-electron chi connectivity index (χ4n) is 2.57. The third-order valence-electron chi connectivity index (χ3n) is 3.92. The lowest BCUT2D eigenvalue weighted by Gasteiger charge is -2.25. The van der Waals surface area contributed by atoms with Crippen LogP contribution in [0.15, 0.2) is 36.6 Å². The second kappa shape index (κ2) is 9.42. The van der Waals surface area contributed by atoms with Crippen molar-refractivity contribution in [2.75, 3.05) is 23.5 Å². The van der Waals surface area contributed by atoms with Gasteiger partial charge >= 0.3 is 11.8 Å². The zero-order valence-electron chi connectivity index (χ0n) is 17.5. The number of benzene rings is 1. The van der Waals surface area contributed by atoms with Gasteiger partial charge in [0.25, 0.3) is 0 Å². The molecule has 0 fully saturated rings. The Morgan fingerprint density at radius 3 is 2.69 bits per heavy atom. The first-order valence-corrected chi connectivity index (χ1v) is 11.7. The van der Waals surface area contributed by atoms with Gasteiger partial charge in [-0.05, 0) is 65.2 Å². The van der Waals surface area contributed by atoms with Gasteiger partial charge in [-0.1, -0.05) is 16.3 Å². The Morgan fingerprint density at radius 2 is 2.06 bits per heavy atom. The van der Waals surface area contributed by atoms with E-state index in [2.05, 4.69) is 31.4 Å². The number of carbonyl (C=O) groups is 1. The average Bonchev–Trinajstić information content (AvgIpc) is 3.29. The SMILES string of the molecule is C[S+]([O-])CCN(C(=O)OC(C)(C)C)c1nonc1-c1noc(=O)n1-c1ccc(F)c(Br)c1. The fraction of sp³-hybridized carbons (Fsp3) is 0.389. The Bertz CT molecular complexity index is 1170. The number of carbonyl (C=O) groups excluding carboxylic acids is 1. The van der Waals surface area contributed by atoms with Gasteiger partial charge in [0.05, 0.1) is 23.0 Å². The molecule has 0 spiro atoms. The molecular weight excluding hydrogens is 513 g/mol. The lowest BCUT2D eigenvalue weighted by atomic mass is 10.2. The molecule has 11 nitrogen and oxygen atoms in total. The zero-order valence-corrected chi connectivity index (χ0v) is 19.9. The summed E-state index contributed by atoms with van der Waals surface area (Å²) in [6.07, 6.45) is 0.693. The Kier molecular flexibility index (Phi) is 7.05. The van der Waals surface area contributed by atoms with Crippen molar-refractivity contribution in [3.05, 3.63) is 39.0 Å². The molecule has 0 bridgehead atoms. The van der Waals surface area contributed by atoms with Crippen molar-refractivity contribution in [3.8, 4) is 17.2 Å². The fourth-order valence-corrected chi connectivity index (χ4v) is 3.38. The van der Waals surface area contributed by atoms with Gasteiger partial charge in [-0.3, -0.25) is 9.42 Å². The Hall–Kier alpha value is -2.71. The largest absolute Gasteiger partial charge is 0.617 e. The first-order valence-electron chi connectivity index (χ1n) is 9.15. The van der Waals surface area contributed by atoms with Crippen LogP contribution in [0.1, 0.15) is 20.8 Å². The number of hydrogen-bond donors (Lipinski definition) is 0. The van der Waals surface area contributed by atoms with Crippen LogP contribution in [0.5, 0.6) is 0 Å². The lowest BCUT2D eigenvalue weighted by Crippen LogP contribution is -2.40. The molecule has 0 aliphatic heterocycles. The molecule has 3 aromatic rings. The Labute approximate surface area is 192 Å². The number of aromatic nitrogens is 4. The van der Waals surface area contributed by atoms with E-state index in [1.54, 1.807) is 20.8 Å². The van der Waals surface area contributed by atoms with Gasteiger partial charge in [0.2, 0.25) is 11.6 Å². The summed E-state index contributed by atoms with van der Waals surface area (Å²) in [5.41, 5.74) is -0.718. The molecule has 2 aromatic heterocycles. The highest BCUT2D eigenvalue weighted by atomic mass is 79.9. The van der Waals surface area contributed by atoms with E-state index in [-0.39, 0.29) is 39.8 Å². The summed E-state index contributed by atoms with van der Waals surface area (Å²) in [4.78, 5) is 26.3. The van der Waals surface area contributed by atoms with Gasteiger partial charge in [-0.2, -0.15) is 0 Å². The van der Waals surface area contributed by atoms with Crippen molar-refractivity contribution in [1.29, 1.82) is 0 Å². The maximum Gasteiger partial charge on any atom is 0.446 e. The molecule has 0 aliphatic rings. The van der Waals surface area contributed by atoms with Gasteiger partial charge in [-0.15, -0.1) is 0 Å². The van der Waals surface area contributed by atoms with Crippen molar-refractivity contribution < 1.29 is 27.6 Å². The molecule has 0 N–H and O–H groups in total. The van der Waals surface area contributed by atoms with Crippen molar-refractivity contribution in [2.45, 2.75) is 26.4 Å². The molecular formula is C18H19BrFN5O6S. The van der Waals surface area contributed by atoms with Crippen LogP contribution in [-0.2, 0) is 15.9 Å². The van der Waals surface area contributed by atoms with Gasteiger partial charge in [0, 0.05) is 0 Å². The zero-order chi connectivity index (χ0) is 23.6. The first kappa shape index (κ1) is 23.9. The molecule has 2 heterocycles. The summed E-state index contributed by atoms with van der Waals surface area (Å²) in [6, 6.07) is 3.83. The van der Waals surface area contributed by atoms with E-state index in [1.807, 2.05) is 0 Å². The summed E-state index contributed by atoms with van der Waals surface area (Å²) in [7, 11) is 0. The van der Waals surface area contributed by atoms with Crippen LogP contribution >= 0.6 is 15.9 Å². The monoisotopic (exact) mass is 531 g/mol. The molecule has 1 unspecified atom stereocenters. The minimum Gasteiger partial charge on any atom is -0.617 e. The topological polar surface area (TPSA) is 140 Å². The number of rotatable bonds is 6. The maximum atomic E-state index is 13.7. The molecule has 1 aromatic carbocycles. The molecule has 3 rings (SSSR count). The Morgan fingerprint density at radius 1 is 1.34 bits per heavy atom. The predicted octanol–water partition coefficient (Wildman–Crippen LogP) is 2.90. The van der Waals surface area contributed by atoms with Crippen LogP contribution in [0, 0.1) is 5.82 Å². The second-order valence-corrected chi connectivity index (χ2v) is 9.96. The number of hydrogen-bond acceptors (Lipinski definition) is 9. The second-order valence-electron chi connectivity index (χ2n) is 7.55. The third-order valence-corrected chi connectivity index (χ3v) is 5.29. The quantitative estimate of drug-likeness (QED) is 0.439. The smallest absolute Gasteiger partial charge is 0.446 e. The van der Waals surface area contributed by atoms with Crippen molar-refractivity contribution in [2.24, 2.45) is 0 Å². The molecule has 0 radical (unpaired) electrons. The number of ether oxygens (including phenoxy) is 1. The highest BCUT2D eigenvalue weighted by Crippen LogP contribution is 2.29. The highest BCUT2D eigenvalue weighted by Gasteiger charge is 2.32. The predicted molar refractivity (Wildman–Crippen MR) is 116 cm³/mol. The van der Waals surface area contributed by atoms with E-state index in [0.29, 0.717) is 0 Å². The number of nitrogens with zero attached hydrogens (tertiary/aromatic N) is 5. The van der Waals surface area contributed by atoms with Crippen molar-refractivity contribution in [3.63, 3.8) is 0 Å². The lowest BCUT2D eigenvalue weighted by molar-refractivity contribution is 0.0580.